The summed E-state index contributed by atoms with van der Waals surface area (Å²) in [6, 6.07) is 5.93. The van der Waals surface area contributed by atoms with E-state index in [1.807, 2.05) is 18.2 Å². The summed E-state index contributed by atoms with van der Waals surface area (Å²) in [6.07, 6.45) is 1.09. The zero-order valence-electron chi connectivity index (χ0n) is 12.2. The van der Waals surface area contributed by atoms with Crippen molar-refractivity contribution < 1.29 is 4.79 Å². The number of rotatable bonds is 7. The van der Waals surface area contributed by atoms with Gasteiger partial charge >= 0.3 is 0 Å². The number of hydrogen-bond acceptors (Lipinski definition) is 3. The van der Waals surface area contributed by atoms with E-state index in [0.29, 0.717) is 0 Å². The molecule has 3 nitrogen and oxygen atoms in total. The minimum absolute atomic E-state index is 0.113. The van der Waals surface area contributed by atoms with Gasteiger partial charge in [-0.3, -0.25) is 4.79 Å². The molecule has 0 unspecified atom stereocenters. The lowest BCUT2D eigenvalue weighted by molar-refractivity contribution is 0.101. The molecule has 1 aromatic rings. The zero-order valence-corrected chi connectivity index (χ0v) is 13.8. The molecular formula is C15H23BrN2O. The Kier molecular flexibility index (Phi) is 6.52. The van der Waals surface area contributed by atoms with Gasteiger partial charge in [-0.15, -0.1) is 0 Å². The first-order valence-electron chi connectivity index (χ1n) is 6.65. The Morgan fingerprint density at radius 3 is 2.47 bits per heavy atom. The van der Waals surface area contributed by atoms with E-state index in [0.717, 1.165) is 41.8 Å². The number of Topliss-reactive ketones (excluding diaryl/α,β-unsaturated/α-hetero) is 1. The van der Waals surface area contributed by atoms with E-state index < -0.39 is 0 Å². The number of ketones is 1. The van der Waals surface area contributed by atoms with Gasteiger partial charge in [0.15, 0.2) is 5.78 Å². The molecule has 0 heterocycles. The van der Waals surface area contributed by atoms with Crippen LogP contribution in [0.4, 0.5) is 5.69 Å². The third kappa shape index (κ3) is 4.96. The molecule has 0 radical (unpaired) electrons. The van der Waals surface area contributed by atoms with E-state index in [1.165, 1.54) is 0 Å². The fourth-order valence-corrected chi connectivity index (χ4v) is 2.45. The molecule has 0 bridgehead atoms. The molecule has 0 spiro atoms. The monoisotopic (exact) mass is 326 g/mol. The third-order valence-corrected chi connectivity index (χ3v) is 3.59. The molecule has 1 aromatic carbocycles. The molecule has 0 aliphatic heterocycles. The quantitative estimate of drug-likeness (QED) is 0.717. The Morgan fingerprint density at radius 1 is 1.26 bits per heavy atom. The number of carbonyl (C=O) groups is 1. The predicted octanol–water partition coefficient (Wildman–Crippen LogP) is 3.43. The Morgan fingerprint density at radius 2 is 1.95 bits per heavy atom. The summed E-state index contributed by atoms with van der Waals surface area (Å²) >= 11 is 3.43. The van der Waals surface area contributed by atoms with Gasteiger partial charge in [0.1, 0.15) is 0 Å². The number of benzene rings is 1. The summed E-state index contributed by atoms with van der Waals surface area (Å²) in [4.78, 5) is 16.2. The van der Waals surface area contributed by atoms with Gasteiger partial charge in [-0.25, -0.2) is 0 Å². The van der Waals surface area contributed by atoms with Crippen LogP contribution in [0.2, 0.25) is 0 Å². The molecule has 0 atom stereocenters. The molecule has 4 heteroatoms. The van der Waals surface area contributed by atoms with Gasteiger partial charge in [0, 0.05) is 28.8 Å². The molecule has 0 saturated heterocycles. The summed E-state index contributed by atoms with van der Waals surface area (Å²) in [5, 5.41) is 0. The fourth-order valence-electron chi connectivity index (χ4n) is 2.09. The molecule has 106 valence electrons. The van der Waals surface area contributed by atoms with E-state index in [2.05, 4.69) is 46.7 Å². The number of carbonyl (C=O) groups excluding carboxylic acids is 1. The second-order valence-electron chi connectivity index (χ2n) is 4.95. The van der Waals surface area contributed by atoms with Crippen LogP contribution in [-0.2, 0) is 0 Å². The minimum Gasteiger partial charge on any atom is -0.371 e. The third-order valence-electron chi connectivity index (χ3n) is 3.09. The first-order valence-corrected chi connectivity index (χ1v) is 7.45. The van der Waals surface area contributed by atoms with E-state index in [-0.39, 0.29) is 5.78 Å². The van der Waals surface area contributed by atoms with Crippen molar-refractivity contribution >= 4 is 27.4 Å². The lowest BCUT2D eigenvalue weighted by Crippen LogP contribution is -2.28. The van der Waals surface area contributed by atoms with Crippen molar-refractivity contribution in [1.82, 2.24) is 4.90 Å². The van der Waals surface area contributed by atoms with Gasteiger partial charge in [-0.1, -0.05) is 15.9 Å². The second kappa shape index (κ2) is 7.65. The lowest BCUT2D eigenvalue weighted by atomic mass is 10.1. The molecule has 0 N–H and O–H groups in total. The highest BCUT2D eigenvalue weighted by atomic mass is 79.9. The highest BCUT2D eigenvalue weighted by Gasteiger charge is 2.13. The van der Waals surface area contributed by atoms with Crippen LogP contribution in [0.15, 0.2) is 22.7 Å². The predicted molar refractivity (Wildman–Crippen MR) is 85.2 cm³/mol. The number of nitrogens with zero attached hydrogens (tertiary/aromatic N) is 2. The first kappa shape index (κ1) is 16.2. The van der Waals surface area contributed by atoms with Gasteiger partial charge in [-0.05, 0) is 59.1 Å². The molecule has 19 heavy (non-hydrogen) atoms. The van der Waals surface area contributed by atoms with Crippen molar-refractivity contribution in [3.05, 3.63) is 28.2 Å². The molecule has 0 aliphatic rings. The van der Waals surface area contributed by atoms with E-state index >= 15 is 0 Å². The second-order valence-corrected chi connectivity index (χ2v) is 5.87. The summed E-state index contributed by atoms with van der Waals surface area (Å²) in [5.74, 6) is 0.113. The normalized spacial score (nSPS) is 10.8. The fraction of sp³-hybridized carbons (Fsp3) is 0.533. The Balaban J connectivity index is 2.88. The molecule has 0 fully saturated rings. The Hall–Kier alpha value is -0.870. The van der Waals surface area contributed by atoms with E-state index in [4.69, 9.17) is 0 Å². The van der Waals surface area contributed by atoms with Crippen LogP contribution < -0.4 is 4.90 Å². The van der Waals surface area contributed by atoms with Crippen LogP contribution in [-0.4, -0.2) is 44.4 Å². The topological polar surface area (TPSA) is 23.6 Å². The van der Waals surface area contributed by atoms with Gasteiger partial charge < -0.3 is 9.80 Å². The van der Waals surface area contributed by atoms with Crippen molar-refractivity contribution in [3.63, 3.8) is 0 Å². The van der Waals surface area contributed by atoms with Crippen molar-refractivity contribution in [3.8, 4) is 0 Å². The molecule has 1 rings (SSSR count). The number of halogens is 1. The van der Waals surface area contributed by atoms with Gasteiger partial charge in [0.05, 0.1) is 0 Å². The zero-order chi connectivity index (χ0) is 14.4. The maximum atomic E-state index is 11.8. The SMILES string of the molecule is CCN(CCCN(C)C)c1ccc(Br)cc1C(C)=O. The summed E-state index contributed by atoms with van der Waals surface area (Å²) in [6.45, 7) is 6.69. The van der Waals surface area contributed by atoms with Crippen molar-refractivity contribution in [1.29, 1.82) is 0 Å². The maximum Gasteiger partial charge on any atom is 0.161 e. The molecule has 0 saturated carbocycles. The van der Waals surface area contributed by atoms with E-state index in [1.54, 1.807) is 6.92 Å². The smallest absolute Gasteiger partial charge is 0.161 e. The van der Waals surface area contributed by atoms with Gasteiger partial charge in [0.2, 0.25) is 0 Å². The Labute approximate surface area is 124 Å². The maximum absolute atomic E-state index is 11.8. The summed E-state index contributed by atoms with van der Waals surface area (Å²) < 4.78 is 0.950. The number of hydrogen-bond donors (Lipinski definition) is 0. The largest absolute Gasteiger partial charge is 0.371 e. The summed E-state index contributed by atoms with van der Waals surface area (Å²) in [5.41, 5.74) is 1.83. The molecule has 0 aromatic heterocycles. The van der Waals surface area contributed by atoms with Crippen molar-refractivity contribution in [2.45, 2.75) is 20.3 Å². The summed E-state index contributed by atoms with van der Waals surface area (Å²) in [7, 11) is 4.16. The first-order chi connectivity index (χ1) is 8.95. The van der Waals surface area contributed by atoms with Crippen molar-refractivity contribution in [2.24, 2.45) is 0 Å². The standard InChI is InChI=1S/C15H23BrN2O/c1-5-18(10-6-9-17(3)4)15-8-7-13(16)11-14(15)12(2)19/h7-8,11H,5-6,9-10H2,1-4H3. The van der Waals surface area contributed by atoms with Gasteiger partial charge in [-0.2, -0.15) is 0 Å². The van der Waals surface area contributed by atoms with Crippen LogP contribution in [0.3, 0.4) is 0 Å². The van der Waals surface area contributed by atoms with Crippen LogP contribution in [0, 0.1) is 0 Å². The van der Waals surface area contributed by atoms with Gasteiger partial charge in [0.25, 0.3) is 0 Å². The van der Waals surface area contributed by atoms with Crippen LogP contribution in [0.25, 0.3) is 0 Å². The highest BCUT2D eigenvalue weighted by Crippen LogP contribution is 2.25. The average Bonchev–Trinajstić information content (AvgIpc) is 2.34. The van der Waals surface area contributed by atoms with E-state index in [9.17, 15) is 4.79 Å². The van der Waals surface area contributed by atoms with Crippen LogP contribution >= 0.6 is 15.9 Å². The molecule has 0 aliphatic carbocycles. The van der Waals surface area contributed by atoms with Crippen LogP contribution in [0.5, 0.6) is 0 Å². The lowest BCUT2D eigenvalue weighted by Gasteiger charge is -2.26. The molecular weight excluding hydrogens is 304 g/mol. The highest BCUT2D eigenvalue weighted by molar-refractivity contribution is 9.10. The molecule has 0 amide bonds. The van der Waals surface area contributed by atoms with Crippen LogP contribution in [0.1, 0.15) is 30.6 Å². The Bertz CT molecular complexity index is 432. The van der Waals surface area contributed by atoms with Crippen molar-refractivity contribution in [2.75, 3.05) is 38.6 Å². The minimum atomic E-state index is 0.113. The number of anilines is 1. The average molecular weight is 327 g/mol.